The number of rotatable bonds is 4. The van der Waals surface area contributed by atoms with E-state index < -0.39 is 0 Å². The highest BCUT2D eigenvalue weighted by Crippen LogP contribution is 2.38. The van der Waals surface area contributed by atoms with E-state index in [4.69, 9.17) is 4.74 Å². The summed E-state index contributed by atoms with van der Waals surface area (Å²) in [7, 11) is 0. The Hall–Kier alpha value is -0.220. The SMILES string of the molecule is Fc1cc(Br)ccc1OCC1(CS)CCCCC1. The van der Waals surface area contributed by atoms with Gasteiger partial charge in [0.2, 0.25) is 0 Å². The second-order valence-electron chi connectivity index (χ2n) is 5.08. The molecule has 1 aliphatic carbocycles. The normalized spacial score (nSPS) is 18.6. The second kappa shape index (κ2) is 6.29. The number of hydrogen-bond acceptors (Lipinski definition) is 2. The molecule has 0 heterocycles. The summed E-state index contributed by atoms with van der Waals surface area (Å²) in [6.45, 7) is 0.565. The first-order valence-corrected chi connectivity index (χ1v) is 7.76. The van der Waals surface area contributed by atoms with Crippen LogP contribution < -0.4 is 4.74 Å². The van der Waals surface area contributed by atoms with Gasteiger partial charge < -0.3 is 4.74 Å². The van der Waals surface area contributed by atoms with Crippen molar-refractivity contribution in [1.82, 2.24) is 0 Å². The third-order valence-corrected chi connectivity index (χ3v) is 4.84. The van der Waals surface area contributed by atoms with E-state index in [1.165, 1.54) is 25.3 Å². The lowest BCUT2D eigenvalue weighted by Gasteiger charge is -2.35. The highest BCUT2D eigenvalue weighted by molar-refractivity contribution is 9.10. The first-order valence-electron chi connectivity index (χ1n) is 6.34. The van der Waals surface area contributed by atoms with Crippen LogP contribution in [0.25, 0.3) is 0 Å². The number of hydrogen-bond donors (Lipinski definition) is 1. The quantitative estimate of drug-likeness (QED) is 0.775. The zero-order chi connectivity index (χ0) is 13.0. The van der Waals surface area contributed by atoms with Crippen molar-refractivity contribution in [1.29, 1.82) is 0 Å². The van der Waals surface area contributed by atoms with E-state index in [9.17, 15) is 4.39 Å². The van der Waals surface area contributed by atoms with Gasteiger partial charge in [0, 0.05) is 9.89 Å². The zero-order valence-corrected chi connectivity index (χ0v) is 12.8. The maximum absolute atomic E-state index is 13.7. The van der Waals surface area contributed by atoms with E-state index in [1.807, 2.05) is 0 Å². The van der Waals surface area contributed by atoms with Gasteiger partial charge in [0.25, 0.3) is 0 Å². The van der Waals surface area contributed by atoms with Crippen molar-refractivity contribution in [2.45, 2.75) is 32.1 Å². The van der Waals surface area contributed by atoms with E-state index in [-0.39, 0.29) is 11.2 Å². The van der Waals surface area contributed by atoms with Gasteiger partial charge in [-0.25, -0.2) is 4.39 Å². The lowest BCUT2D eigenvalue weighted by molar-refractivity contribution is 0.118. The summed E-state index contributed by atoms with van der Waals surface area (Å²) in [6.07, 6.45) is 6.02. The fourth-order valence-corrected chi connectivity index (χ4v) is 3.21. The van der Waals surface area contributed by atoms with Gasteiger partial charge in [-0.3, -0.25) is 0 Å². The number of ether oxygens (including phenoxy) is 1. The van der Waals surface area contributed by atoms with E-state index in [2.05, 4.69) is 28.6 Å². The van der Waals surface area contributed by atoms with Crippen LogP contribution in [0.2, 0.25) is 0 Å². The monoisotopic (exact) mass is 332 g/mol. The third kappa shape index (κ3) is 3.41. The number of halogens is 2. The van der Waals surface area contributed by atoms with Crippen molar-refractivity contribution >= 4 is 28.6 Å². The molecule has 1 aliphatic rings. The predicted octanol–water partition coefficient (Wildman–Crippen LogP) is 4.85. The average molecular weight is 333 g/mol. The molecule has 4 heteroatoms. The van der Waals surface area contributed by atoms with Crippen LogP contribution in [0.4, 0.5) is 4.39 Å². The standard InChI is InChI=1S/C14H18BrFOS/c15-11-4-5-13(12(16)8-11)17-9-14(10-18)6-2-1-3-7-14/h4-5,8,18H,1-3,6-7,9-10H2. The Labute approximate surface area is 122 Å². The van der Waals surface area contributed by atoms with Crippen LogP contribution in [-0.4, -0.2) is 12.4 Å². The molecule has 0 aromatic heterocycles. The summed E-state index contributed by atoms with van der Waals surface area (Å²) in [5, 5.41) is 0. The van der Waals surface area contributed by atoms with Crippen LogP contribution in [0.3, 0.4) is 0 Å². The second-order valence-corrected chi connectivity index (χ2v) is 6.31. The van der Waals surface area contributed by atoms with Crippen molar-refractivity contribution < 1.29 is 9.13 Å². The first-order chi connectivity index (χ1) is 8.65. The van der Waals surface area contributed by atoms with Crippen LogP contribution in [0, 0.1) is 11.2 Å². The maximum atomic E-state index is 13.7. The predicted molar refractivity (Wildman–Crippen MR) is 79.0 cm³/mol. The lowest BCUT2D eigenvalue weighted by atomic mass is 9.76. The minimum Gasteiger partial charge on any atom is -0.490 e. The molecule has 0 atom stereocenters. The minimum absolute atomic E-state index is 0.126. The fraction of sp³-hybridized carbons (Fsp3) is 0.571. The molecular formula is C14H18BrFOS. The molecule has 100 valence electrons. The van der Waals surface area contributed by atoms with Gasteiger partial charge >= 0.3 is 0 Å². The Morgan fingerprint density at radius 1 is 1.28 bits per heavy atom. The Kier molecular flexibility index (Phi) is 4.96. The molecule has 1 saturated carbocycles. The van der Waals surface area contributed by atoms with E-state index in [1.54, 1.807) is 12.1 Å². The molecule has 1 aromatic carbocycles. The summed E-state index contributed by atoms with van der Waals surface area (Å²) in [4.78, 5) is 0. The van der Waals surface area contributed by atoms with Crippen LogP contribution in [0.1, 0.15) is 32.1 Å². The Bertz CT molecular complexity index is 405. The summed E-state index contributed by atoms with van der Waals surface area (Å²) in [6, 6.07) is 4.91. The van der Waals surface area contributed by atoms with Crippen molar-refractivity contribution in [2.24, 2.45) is 5.41 Å². The smallest absolute Gasteiger partial charge is 0.166 e. The zero-order valence-electron chi connectivity index (χ0n) is 10.3. The Morgan fingerprint density at radius 2 is 2.00 bits per heavy atom. The molecule has 0 radical (unpaired) electrons. The van der Waals surface area contributed by atoms with Gasteiger partial charge in [-0.2, -0.15) is 12.6 Å². The van der Waals surface area contributed by atoms with E-state index >= 15 is 0 Å². The van der Waals surface area contributed by atoms with Gasteiger partial charge in [0.15, 0.2) is 11.6 Å². The molecule has 0 unspecified atom stereocenters. The third-order valence-electron chi connectivity index (χ3n) is 3.68. The molecule has 0 spiro atoms. The van der Waals surface area contributed by atoms with Crippen molar-refractivity contribution in [3.63, 3.8) is 0 Å². The molecule has 0 bridgehead atoms. The summed E-state index contributed by atoms with van der Waals surface area (Å²) >= 11 is 7.70. The van der Waals surface area contributed by atoms with Crippen LogP contribution in [0.15, 0.2) is 22.7 Å². The van der Waals surface area contributed by atoms with Crippen molar-refractivity contribution in [3.8, 4) is 5.75 Å². The summed E-state index contributed by atoms with van der Waals surface area (Å²) in [5.41, 5.74) is 0.126. The minimum atomic E-state index is -0.311. The fourth-order valence-electron chi connectivity index (χ4n) is 2.47. The summed E-state index contributed by atoms with van der Waals surface area (Å²) < 4.78 is 20.1. The largest absolute Gasteiger partial charge is 0.490 e. The molecule has 0 aliphatic heterocycles. The number of benzene rings is 1. The van der Waals surface area contributed by atoms with Crippen LogP contribution in [-0.2, 0) is 0 Å². The summed E-state index contributed by atoms with van der Waals surface area (Å²) in [5.74, 6) is 0.838. The lowest BCUT2D eigenvalue weighted by Crippen LogP contribution is -2.33. The highest BCUT2D eigenvalue weighted by Gasteiger charge is 2.31. The van der Waals surface area contributed by atoms with Gasteiger partial charge in [-0.05, 0) is 36.8 Å². The molecule has 1 nitrogen and oxygen atoms in total. The molecule has 0 saturated heterocycles. The number of thiol groups is 1. The van der Waals surface area contributed by atoms with Crippen molar-refractivity contribution in [2.75, 3.05) is 12.4 Å². The van der Waals surface area contributed by atoms with E-state index in [0.29, 0.717) is 12.4 Å². The van der Waals surface area contributed by atoms with E-state index in [0.717, 1.165) is 23.1 Å². The van der Waals surface area contributed by atoms with Gasteiger partial charge in [0.05, 0.1) is 6.61 Å². The van der Waals surface area contributed by atoms with Crippen LogP contribution >= 0.6 is 28.6 Å². The van der Waals surface area contributed by atoms with Gasteiger partial charge in [-0.15, -0.1) is 0 Å². The van der Waals surface area contributed by atoms with Gasteiger partial charge in [-0.1, -0.05) is 35.2 Å². The molecule has 1 fully saturated rings. The molecule has 2 rings (SSSR count). The Morgan fingerprint density at radius 3 is 2.61 bits per heavy atom. The topological polar surface area (TPSA) is 9.23 Å². The first kappa shape index (κ1) is 14.2. The molecule has 0 amide bonds. The average Bonchev–Trinajstić information content (AvgIpc) is 2.39. The molecular weight excluding hydrogens is 315 g/mol. The van der Waals surface area contributed by atoms with Crippen molar-refractivity contribution in [3.05, 3.63) is 28.5 Å². The maximum Gasteiger partial charge on any atom is 0.166 e. The molecule has 1 aromatic rings. The molecule has 18 heavy (non-hydrogen) atoms. The highest BCUT2D eigenvalue weighted by atomic mass is 79.9. The Balaban J connectivity index is 2.01. The molecule has 0 N–H and O–H groups in total. The van der Waals surface area contributed by atoms with Gasteiger partial charge in [0.1, 0.15) is 0 Å². The van der Waals surface area contributed by atoms with Crippen LogP contribution in [0.5, 0.6) is 5.75 Å².